The van der Waals surface area contributed by atoms with Crippen LogP contribution < -0.4 is 0 Å². The van der Waals surface area contributed by atoms with E-state index in [-0.39, 0.29) is 12.0 Å². The summed E-state index contributed by atoms with van der Waals surface area (Å²) in [6.07, 6.45) is 8.36. The number of carbonyl (C=O) groups excluding carboxylic acids is 1. The van der Waals surface area contributed by atoms with Gasteiger partial charge in [-0.05, 0) is 37.1 Å². The third-order valence-corrected chi connectivity index (χ3v) is 4.13. The highest BCUT2D eigenvalue weighted by Crippen LogP contribution is 2.24. The minimum absolute atomic E-state index is 0.183. The van der Waals surface area contributed by atoms with Crippen LogP contribution >= 0.6 is 0 Å². The number of aromatic nitrogens is 3. The molecule has 25 heavy (non-hydrogen) atoms. The van der Waals surface area contributed by atoms with E-state index in [0.29, 0.717) is 12.2 Å². The van der Waals surface area contributed by atoms with Gasteiger partial charge in [-0.25, -0.2) is 9.78 Å². The Labute approximate surface area is 147 Å². The summed E-state index contributed by atoms with van der Waals surface area (Å²) in [6.45, 7) is 4.31. The van der Waals surface area contributed by atoms with Crippen LogP contribution in [0.2, 0.25) is 0 Å². The second-order valence-electron chi connectivity index (χ2n) is 5.70. The average Bonchev–Trinajstić information content (AvgIpc) is 3.18. The van der Waals surface area contributed by atoms with E-state index in [0.717, 1.165) is 23.2 Å². The third kappa shape index (κ3) is 3.76. The highest BCUT2D eigenvalue weighted by Gasteiger charge is 2.12. The predicted molar refractivity (Wildman–Crippen MR) is 96.3 cm³/mol. The van der Waals surface area contributed by atoms with Crippen LogP contribution in [0.5, 0.6) is 0 Å². The quantitative estimate of drug-likeness (QED) is 0.636. The molecule has 0 saturated heterocycles. The molecule has 1 aromatic carbocycles. The van der Waals surface area contributed by atoms with Crippen LogP contribution in [0.4, 0.5) is 0 Å². The zero-order valence-corrected chi connectivity index (χ0v) is 14.4. The molecule has 0 unspecified atom stereocenters. The van der Waals surface area contributed by atoms with E-state index in [1.807, 2.05) is 36.9 Å². The second-order valence-corrected chi connectivity index (χ2v) is 5.70. The number of ether oxygens (including phenoxy) is 1. The van der Waals surface area contributed by atoms with Crippen molar-refractivity contribution in [1.29, 1.82) is 0 Å². The van der Waals surface area contributed by atoms with Crippen LogP contribution in [0.1, 0.15) is 42.4 Å². The third-order valence-electron chi connectivity index (χ3n) is 4.13. The lowest BCUT2D eigenvalue weighted by Gasteiger charge is -2.16. The van der Waals surface area contributed by atoms with Crippen molar-refractivity contribution in [3.8, 4) is 11.1 Å². The molecule has 0 saturated carbocycles. The summed E-state index contributed by atoms with van der Waals surface area (Å²) in [7, 11) is 0. The van der Waals surface area contributed by atoms with Gasteiger partial charge in [-0.1, -0.05) is 25.1 Å². The maximum Gasteiger partial charge on any atom is 0.338 e. The lowest BCUT2D eigenvalue weighted by atomic mass is 10.0. The largest absolute Gasteiger partial charge is 0.462 e. The maximum absolute atomic E-state index is 11.7. The molecule has 0 N–H and O–H groups in total. The molecule has 2 aromatic heterocycles. The second kappa shape index (κ2) is 7.75. The molecule has 5 heteroatoms. The van der Waals surface area contributed by atoms with Gasteiger partial charge in [0, 0.05) is 24.2 Å². The Morgan fingerprint density at radius 2 is 1.88 bits per heavy atom. The molecule has 3 rings (SSSR count). The van der Waals surface area contributed by atoms with Crippen molar-refractivity contribution in [2.75, 3.05) is 6.61 Å². The number of benzene rings is 1. The Bertz CT molecular complexity index is 809. The van der Waals surface area contributed by atoms with Crippen molar-refractivity contribution in [2.24, 2.45) is 0 Å². The van der Waals surface area contributed by atoms with Crippen molar-refractivity contribution >= 4 is 5.97 Å². The number of carbonyl (C=O) groups is 1. The molecule has 0 aliphatic carbocycles. The summed E-state index contributed by atoms with van der Waals surface area (Å²) < 4.78 is 7.07. The van der Waals surface area contributed by atoms with E-state index in [4.69, 9.17) is 4.74 Å². The van der Waals surface area contributed by atoms with Gasteiger partial charge in [0.25, 0.3) is 0 Å². The first-order chi connectivity index (χ1) is 12.2. The molecule has 5 nitrogen and oxygen atoms in total. The van der Waals surface area contributed by atoms with Crippen LogP contribution in [-0.2, 0) is 4.74 Å². The van der Waals surface area contributed by atoms with Crippen molar-refractivity contribution in [1.82, 2.24) is 14.5 Å². The van der Waals surface area contributed by atoms with Gasteiger partial charge >= 0.3 is 5.97 Å². The summed E-state index contributed by atoms with van der Waals surface area (Å²) in [6, 6.07) is 11.7. The maximum atomic E-state index is 11.7. The molecule has 128 valence electrons. The van der Waals surface area contributed by atoms with Gasteiger partial charge in [0.2, 0.25) is 0 Å². The Hall–Kier alpha value is -2.95. The number of imidazole rings is 1. The fourth-order valence-corrected chi connectivity index (χ4v) is 2.81. The number of rotatable bonds is 6. The van der Waals surface area contributed by atoms with Gasteiger partial charge in [-0.3, -0.25) is 4.98 Å². The van der Waals surface area contributed by atoms with Crippen molar-refractivity contribution in [2.45, 2.75) is 26.3 Å². The van der Waals surface area contributed by atoms with E-state index in [1.165, 1.54) is 0 Å². The highest BCUT2D eigenvalue weighted by molar-refractivity contribution is 5.90. The molecule has 0 aliphatic rings. The summed E-state index contributed by atoms with van der Waals surface area (Å²) in [5.41, 5.74) is 3.59. The Kier molecular flexibility index (Phi) is 5.23. The summed E-state index contributed by atoms with van der Waals surface area (Å²) in [5, 5.41) is 0. The average molecular weight is 335 g/mol. The molecule has 0 amide bonds. The Morgan fingerprint density at radius 3 is 2.44 bits per heavy atom. The Balaban J connectivity index is 1.79. The SMILES string of the molecule is CCOC(=O)c1ccc(-c2ccc([C@H](CC)n3ccnc3)nc2)cc1. The van der Waals surface area contributed by atoms with E-state index >= 15 is 0 Å². The van der Waals surface area contributed by atoms with E-state index in [1.54, 1.807) is 25.3 Å². The fourth-order valence-electron chi connectivity index (χ4n) is 2.81. The van der Waals surface area contributed by atoms with Gasteiger partial charge in [-0.15, -0.1) is 0 Å². The normalized spacial score (nSPS) is 11.9. The molecule has 0 bridgehead atoms. The molecule has 3 aromatic rings. The van der Waals surface area contributed by atoms with Crippen LogP contribution in [0, 0.1) is 0 Å². The molecule has 2 heterocycles. The molecule has 0 aliphatic heterocycles. The van der Waals surface area contributed by atoms with E-state index in [9.17, 15) is 4.79 Å². The van der Waals surface area contributed by atoms with E-state index in [2.05, 4.69) is 27.5 Å². The minimum atomic E-state index is -0.298. The lowest BCUT2D eigenvalue weighted by Crippen LogP contribution is -2.09. The summed E-state index contributed by atoms with van der Waals surface area (Å²) in [5.74, 6) is -0.298. The molecule has 0 fully saturated rings. The molecular weight excluding hydrogens is 314 g/mol. The summed E-state index contributed by atoms with van der Waals surface area (Å²) >= 11 is 0. The number of hydrogen-bond donors (Lipinski definition) is 0. The number of pyridine rings is 1. The number of nitrogens with zero attached hydrogens (tertiary/aromatic N) is 3. The van der Waals surface area contributed by atoms with Gasteiger partial charge < -0.3 is 9.30 Å². The molecular formula is C20H21N3O2. The minimum Gasteiger partial charge on any atom is -0.462 e. The van der Waals surface area contributed by atoms with Crippen LogP contribution in [0.3, 0.4) is 0 Å². The predicted octanol–water partition coefficient (Wildman–Crippen LogP) is 4.12. The molecule has 0 spiro atoms. The van der Waals surface area contributed by atoms with Crippen molar-refractivity contribution < 1.29 is 9.53 Å². The zero-order chi connectivity index (χ0) is 17.6. The lowest BCUT2D eigenvalue weighted by molar-refractivity contribution is 0.0526. The first-order valence-electron chi connectivity index (χ1n) is 8.43. The van der Waals surface area contributed by atoms with Crippen LogP contribution in [-0.4, -0.2) is 27.1 Å². The van der Waals surface area contributed by atoms with Crippen molar-refractivity contribution in [3.05, 3.63) is 72.6 Å². The van der Waals surface area contributed by atoms with Crippen molar-refractivity contribution in [3.63, 3.8) is 0 Å². The number of esters is 1. The first kappa shape index (κ1) is 16.9. The summed E-state index contributed by atoms with van der Waals surface area (Å²) in [4.78, 5) is 20.5. The first-order valence-corrected chi connectivity index (χ1v) is 8.43. The van der Waals surface area contributed by atoms with Crippen LogP contribution in [0.15, 0.2) is 61.3 Å². The molecule has 0 radical (unpaired) electrons. The van der Waals surface area contributed by atoms with Gasteiger partial charge in [0.1, 0.15) is 0 Å². The van der Waals surface area contributed by atoms with Gasteiger partial charge in [0.15, 0.2) is 0 Å². The van der Waals surface area contributed by atoms with Gasteiger partial charge in [-0.2, -0.15) is 0 Å². The Morgan fingerprint density at radius 1 is 1.12 bits per heavy atom. The zero-order valence-electron chi connectivity index (χ0n) is 14.4. The highest BCUT2D eigenvalue weighted by atomic mass is 16.5. The topological polar surface area (TPSA) is 57.0 Å². The standard InChI is InChI=1S/C20H21N3O2/c1-3-19(23-12-11-21-14-23)18-10-9-17(13-22-18)15-5-7-16(8-6-15)20(24)25-4-2/h5-14,19H,3-4H2,1-2H3/t19-/m0/s1. The van der Waals surface area contributed by atoms with Crippen LogP contribution in [0.25, 0.3) is 11.1 Å². The van der Waals surface area contributed by atoms with E-state index < -0.39 is 0 Å². The smallest absolute Gasteiger partial charge is 0.338 e. The fraction of sp³-hybridized carbons (Fsp3) is 0.250. The van der Waals surface area contributed by atoms with Gasteiger partial charge in [0.05, 0.1) is 30.2 Å². The molecule has 1 atom stereocenters. The number of hydrogen-bond acceptors (Lipinski definition) is 4. The monoisotopic (exact) mass is 335 g/mol.